The number of nitrogens with one attached hydrogen (secondary N) is 1. The zero-order valence-electron chi connectivity index (χ0n) is 26.4. The number of fused-ring (bicyclic) bond motifs is 8. The minimum absolute atomic E-state index is 0.0231. The molecule has 3 heterocycles. The van der Waals surface area contributed by atoms with Gasteiger partial charge in [0.25, 0.3) is 0 Å². The Hall–Kier alpha value is -4.31. The van der Waals surface area contributed by atoms with Crippen LogP contribution in [0.3, 0.4) is 0 Å². The van der Waals surface area contributed by atoms with Gasteiger partial charge in [0, 0.05) is 65.1 Å². The molecule has 46 heavy (non-hydrogen) atoms. The van der Waals surface area contributed by atoms with Crippen LogP contribution < -0.4 is 10.5 Å². The van der Waals surface area contributed by atoms with Gasteiger partial charge in [-0.15, -0.1) is 0 Å². The largest absolute Gasteiger partial charge is 0.454 e. The number of aromatic nitrogens is 4. The smallest absolute Gasteiger partial charge is 0.168 e. The van der Waals surface area contributed by atoms with Crippen molar-refractivity contribution in [1.82, 2.24) is 19.7 Å². The summed E-state index contributed by atoms with van der Waals surface area (Å²) in [7, 11) is 1.75. The molecular weight excluding hydrogens is 650 g/mol. The third-order valence-corrected chi connectivity index (χ3v) is 9.47. The summed E-state index contributed by atoms with van der Waals surface area (Å²) < 4.78 is 39.9. The first-order valence-electron chi connectivity index (χ1n) is 15.3. The molecule has 1 atom stereocenters. The maximum atomic E-state index is 15.6. The van der Waals surface area contributed by atoms with Gasteiger partial charge in [0.15, 0.2) is 23.2 Å². The SMILES string of the molecule is Cn1nc2nc1-c1cc(ccc1F)Oc1c(F)cc3[nH]ccc3c1C/C(N)=C/C=NCCC(C)(C)CCC2(C)c1cccc(Br)c1. The monoisotopic (exact) mass is 686 g/mol. The van der Waals surface area contributed by atoms with E-state index in [1.54, 1.807) is 30.2 Å². The first-order valence-corrected chi connectivity index (χ1v) is 16.1. The molecule has 5 aromatic rings. The highest BCUT2D eigenvalue weighted by molar-refractivity contribution is 9.10. The van der Waals surface area contributed by atoms with Crippen molar-refractivity contribution in [3.63, 3.8) is 0 Å². The van der Waals surface area contributed by atoms with Crippen LogP contribution in [0.15, 0.2) is 82.0 Å². The summed E-state index contributed by atoms with van der Waals surface area (Å²) in [6.45, 7) is 7.25. The fourth-order valence-electron chi connectivity index (χ4n) is 6.00. The Bertz CT molecular complexity index is 1980. The van der Waals surface area contributed by atoms with Crippen LogP contribution in [0.25, 0.3) is 22.3 Å². The number of hydrogen-bond donors (Lipinski definition) is 2. The molecule has 0 amide bonds. The lowest BCUT2D eigenvalue weighted by molar-refractivity contribution is 0.275. The van der Waals surface area contributed by atoms with Gasteiger partial charge in [-0.3, -0.25) is 4.99 Å². The lowest BCUT2D eigenvalue weighted by Gasteiger charge is -2.32. The van der Waals surface area contributed by atoms with E-state index in [0.717, 1.165) is 34.7 Å². The molecule has 0 saturated heterocycles. The number of aliphatic imine (C=N–C) groups is 1. The first kappa shape index (κ1) is 31.7. The van der Waals surface area contributed by atoms with Gasteiger partial charge in [0.2, 0.25) is 0 Å². The van der Waals surface area contributed by atoms with E-state index in [0.29, 0.717) is 35.0 Å². The summed E-state index contributed by atoms with van der Waals surface area (Å²) in [5, 5.41) is 5.64. The molecule has 1 aliphatic heterocycles. The highest BCUT2D eigenvalue weighted by Gasteiger charge is 2.36. The van der Waals surface area contributed by atoms with Gasteiger partial charge in [0.1, 0.15) is 11.6 Å². The number of hydrogen-bond acceptors (Lipinski definition) is 5. The average Bonchev–Trinajstić information content (AvgIpc) is 3.64. The predicted molar refractivity (Wildman–Crippen MR) is 182 cm³/mol. The van der Waals surface area contributed by atoms with E-state index in [1.165, 1.54) is 24.3 Å². The van der Waals surface area contributed by atoms with Gasteiger partial charge in [-0.2, -0.15) is 5.10 Å². The fourth-order valence-corrected chi connectivity index (χ4v) is 6.40. The summed E-state index contributed by atoms with van der Waals surface area (Å²) >= 11 is 3.63. The van der Waals surface area contributed by atoms with E-state index in [4.69, 9.17) is 20.6 Å². The van der Waals surface area contributed by atoms with Crippen molar-refractivity contribution in [3.8, 4) is 22.9 Å². The van der Waals surface area contributed by atoms with Gasteiger partial charge in [-0.05, 0) is 79.6 Å². The highest BCUT2D eigenvalue weighted by Crippen LogP contribution is 2.42. The average molecular weight is 688 g/mol. The molecule has 7 nitrogen and oxygen atoms in total. The summed E-state index contributed by atoms with van der Waals surface area (Å²) in [6, 6.07) is 15.7. The summed E-state index contributed by atoms with van der Waals surface area (Å²) in [4.78, 5) is 12.7. The molecule has 2 aromatic heterocycles. The van der Waals surface area contributed by atoms with Crippen LogP contribution in [0, 0.1) is 17.0 Å². The van der Waals surface area contributed by atoms with Gasteiger partial charge >= 0.3 is 0 Å². The maximum absolute atomic E-state index is 15.6. The second-order valence-electron chi connectivity index (χ2n) is 13.0. The molecule has 0 saturated carbocycles. The highest BCUT2D eigenvalue weighted by atomic mass is 79.9. The Balaban J connectivity index is 1.51. The van der Waals surface area contributed by atoms with Crippen LogP contribution in [-0.4, -0.2) is 32.5 Å². The van der Waals surface area contributed by atoms with Crippen molar-refractivity contribution in [1.29, 1.82) is 0 Å². The molecule has 6 rings (SSSR count). The molecule has 238 valence electrons. The van der Waals surface area contributed by atoms with Crippen LogP contribution in [0.1, 0.15) is 57.0 Å². The molecule has 0 fully saturated rings. The minimum Gasteiger partial charge on any atom is -0.454 e. The van der Waals surface area contributed by atoms with E-state index in [9.17, 15) is 0 Å². The van der Waals surface area contributed by atoms with Crippen LogP contribution in [0.4, 0.5) is 8.78 Å². The maximum Gasteiger partial charge on any atom is 0.168 e. The number of aromatic amines is 1. The molecule has 3 N–H and O–H groups in total. The van der Waals surface area contributed by atoms with Crippen LogP contribution in [0.5, 0.6) is 11.5 Å². The molecule has 0 spiro atoms. The number of rotatable bonds is 1. The third kappa shape index (κ3) is 6.35. The van der Waals surface area contributed by atoms with E-state index in [-0.39, 0.29) is 28.9 Å². The Labute approximate surface area is 275 Å². The van der Waals surface area contributed by atoms with Crippen molar-refractivity contribution in [2.75, 3.05) is 6.54 Å². The number of nitrogens with zero attached hydrogens (tertiary/aromatic N) is 4. The topological polar surface area (TPSA) is 94.1 Å². The van der Waals surface area contributed by atoms with Crippen LogP contribution in [-0.2, 0) is 18.9 Å². The lowest BCUT2D eigenvalue weighted by Crippen LogP contribution is -2.28. The van der Waals surface area contributed by atoms with E-state index in [1.807, 2.05) is 18.2 Å². The standard InChI is InChI=1S/C36H37BrF2N6O/c1-35(2)12-13-36(3,22-6-5-7-23(37)18-22)34-43-33(45(4)44-34)28-20-25(8-9-29(28)38)46-32-27(19-24(40)10-15-41-17-14-35)26-11-16-42-31(26)21-30(32)39/h5-11,15-16,18,20-21,42H,12-14,17,19,40H2,1-4H3/b24-10-,41-15?. The van der Waals surface area contributed by atoms with Crippen molar-refractivity contribution in [2.45, 2.75) is 51.9 Å². The third-order valence-electron chi connectivity index (χ3n) is 8.98. The number of H-pyrrole nitrogens is 1. The normalized spacial score (nSPS) is 20.0. The van der Waals surface area contributed by atoms with E-state index >= 15 is 8.78 Å². The second kappa shape index (κ2) is 12.5. The van der Waals surface area contributed by atoms with Crippen molar-refractivity contribution in [3.05, 3.63) is 106 Å². The molecule has 0 radical (unpaired) electrons. The summed E-state index contributed by atoms with van der Waals surface area (Å²) in [5.41, 5.74) is 8.77. The lowest BCUT2D eigenvalue weighted by atomic mass is 9.72. The fraction of sp³-hybridized carbons (Fsp3) is 0.306. The minimum atomic E-state index is -0.576. The predicted octanol–water partition coefficient (Wildman–Crippen LogP) is 8.77. The molecule has 3 aromatic carbocycles. The Morgan fingerprint density at radius 3 is 2.63 bits per heavy atom. The first-order chi connectivity index (χ1) is 21.9. The van der Waals surface area contributed by atoms with Crippen LogP contribution in [0.2, 0.25) is 0 Å². The molecular formula is C36H37BrF2N6O. The number of allylic oxidation sites excluding steroid dienone is 2. The van der Waals surface area contributed by atoms with E-state index in [2.05, 4.69) is 58.8 Å². The van der Waals surface area contributed by atoms with Gasteiger partial charge < -0.3 is 15.5 Å². The number of aryl methyl sites for hydroxylation is 1. The number of benzene rings is 3. The number of ether oxygens (including phenoxy) is 1. The van der Waals surface area contributed by atoms with Crippen LogP contribution >= 0.6 is 15.9 Å². The molecule has 10 heteroatoms. The van der Waals surface area contributed by atoms with Crippen molar-refractivity contribution in [2.24, 2.45) is 23.2 Å². The second-order valence-corrected chi connectivity index (χ2v) is 13.9. The molecule has 4 bridgehead atoms. The molecule has 1 unspecified atom stereocenters. The molecule has 1 aliphatic rings. The molecule has 0 aliphatic carbocycles. The summed E-state index contributed by atoms with van der Waals surface area (Å²) in [5.74, 6) is 0.156. The van der Waals surface area contributed by atoms with Crippen molar-refractivity contribution < 1.29 is 13.5 Å². The van der Waals surface area contributed by atoms with Gasteiger partial charge in [-0.25, -0.2) is 18.4 Å². The van der Waals surface area contributed by atoms with Gasteiger partial charge in [-0.1, -0.05) is 41.9 Å². The number of halogens is 3. The zero-order valence-corrected chi connectivity index (χ0v) is 28.0. The van der Waals surface area contributed by atoms with Crippen molar-refractivity contribution >= 4 is 33.0 Å². The van der Waals surface area contributed by atoms with Gasteiger partial charge in [0.05, 0.1) is 11.0 Å². The Kier molecular flexibility index (Phi) is 8.58. The Morgan fingerprint density at radius 1 is 1.00 bits per heavy atom. The quantitative estimate of drug-likeness (QED) is 0.184. The number of nitrogens with two attached hydrogens (primary N) is 1. The Morgan fingerprint density at radius 2 is 1.83 bits per heavy atom. The van der Waals surface area contributed by atoms with E-state index < -0.39 is 17.0 Å². The zero-order chi connectivity index (χ0) is 32.6. The summed E-state index contributed by atoms with van der Waals surface area (Å²) in [6.07, 6.45) is 7.94.